The van der Waals surface area contributed by atoms with E-state index in [4.69, 9.17) is 29.2 Å². The Balaban J connectivity index is 0.000000221. The Morgan fingerprint density at radius 3 is 1.49 bits per heavy atom. The molecule has 422 valence electrons. The number of nitrogens with zero attached hydrogens (tertiary/aromatic N) is 4. The molecule has 0 unspecified atom stereocenters. The lowest BCUT2D eigenvalue weighted by Crippen LogP contribution is -2.62. The van der Waals surface area contributed by atoms with Crippen molar-refractivity contribution in [3.8, 4) is 0 Å². The van der Waals surface area contributed by atoms with Crippen molar-refractivity contribution in [2.24, 2.45) is 17.8 Å². The molecule has 3 aromatic carbocycles. The highest BCUT2D eigenvalue weighted by Crippen LogP contribution is 2.58. The van der Waals surface area contributed by atoms with Crippen LogP contribution in [0.1, 0.15) is 162 Å². The van der Waals surface area contributed by atoms with Gasteiger partial charge in [0.05, 0.1) is 13.2 Å². The standard InChI is InChI=1S/C21H37NO.C21H23NO.C12H27NO.C10H23NO3/c1-23-10-6-5-9-22(20-7-3-2-4-8-20)21-14-17-11-18(15-21)13-19(12-17)16-21;1-23-17-8-7-16-22(19-12-3-2-4-13-19)21-15-9-11-18-10-5-6-14-20(18)21;1-4-13(5-2)11-9-7-6-8-10-12-14-3;1-14-10-4-2-3-5-11(6-8-12)7-9-13/h17-20H,2-16H2,1H3;2-6,9-15H,7-8,16-17H2,1H3;4-12H2,1-3H3;12-13H,2-10H2,1H3. The zero-order chi connectivity index (χ0) is 52.9. The number of hydrogen-bond donors (Lipinski definition) is 2. The molecular weight excluding hydrogens is 921 g/mol. The number of aliphatic hydroxyl groups is 2. The molecule has 5 aliphatic carbocycles. The van der Waals surface area contributed by atoms with E-state index in [0.717, 1.165) is 95.4 Å². The van der Waals surface area contributed by atoms with Gasteiger partial charge in [-0.2, -0.15) is 0 Å². The summed E-state index contributed by atoms with van der Waals surface area (Å²) in [5.74, 6) is 3.23. The third kappa shape index (κ3) is 23.5. The molecule has 0 spiro atoms. The zero-order valence-corrected chi connectivity index (χ0v) is 48.2. The van der Waals surface area contributed by atoms with E-state index in [1.165, 1.54) is 125 Å². The Labute approximate surface area is 453 Å². The minimum atomic E-state index is 0.165. The average molecular weight is 1030 g/mol. The first kappa shape index (κ1) is 63.9. The van der Waals surface area contributed by atoms with Crippen molar-refractivity contribution in [1.29, 1.82) is 0 Å². The van der Waals surface area contributed by atoms with Crippen molar-refractivity contribution in [1.82, 2.24) is 14.7 Å². The molecule has 5 aliphatic rings. The number of ether oxygens (including phenoxy) is 4. The van der Waals surface area contributed by atoms with E-state index < -0.39 is 0 Å². The molecule has 5 saturated carbocycles. The monoisotopic (exact) mass is 1030 g/mol. The van der Waals surface area contributed by atoms with Crippen LogP contribution < -0.4 is 4.90 Å². The number of benzene rings is 3. The highest BCUT2D eigenvalue weighted by atomic mass is 16.5. The van der Waals surface area contributed by atoms with Crippen LogP contribution in [-0.2, 0) is 18.9 Å². The summed E-state index contributed by atoms with van der Waals surface area (Å²) in [7, 11) is 7.10. The molecule has 74 heavy (non-hydrogen) atoms. The van der Waals surface area contributed by atoms with Crippen molar-refractivity contribution in [2.45, 2.75) is 173 Å². The van der Waals surface area contributed by atoms with Gasteiger partial charge in [-0.1, -0.05) is 107 Å². The van der Waals surface area contributed by atoms with Gasteiger partial charge in [0, 0.05) is 103 Å². The fourth-order valence-corrected chi connectivity index (χ4v) is 13.1. The third-order valence-corrected chi connectivity index (χ3v) is 16.6. The molecule has 4 bridgehead atoms. The zero-order valence-electron chi connectivity index (χ0n) is 48.2. The minimum Gasteiger partial charge on any atom is -0.395 e. The smallest absolute Gasteiger partial charge is 0.0558 e. The second-order valence-corrected chi connectivity index (χ2v) is 22.1. The minimum absolute atomic E-state index is 0.165. The molecule has 0 amide bonds. The number of aliphatic hydroxyl groups excluding tert-OH is 2. The molecule has 10 heteroatoms. The molecule has 0 heterocycles. The summed E-state index contributed by atoms with van der Waals surface area (Å²) in [5, 5.41) is 20.1. The fourth-order valence-electron chi connectivity index (χ4n) is 13.1. The van der Waals surface area contributed by atoms with Gasteiger partial charge in [-0.25, -0.2) is 0 Å². The molecule has 5 fully saturated rings. The van der Waals surface area contributed by atoms with Crippen LogP contribution in [0.15, 0.2) is 72.8 Å². The van der Waals surface area contributed by atoms with Crippen molar-refractivity contribution in [2.75, 3.05) is 125 Å². The average Bonchev–Trinajstić information content (AvgIpc) is 3.42. The van der Waals surface area contributed by atoms with Gasteiger partial charge in [-0.3, -0.25) is 9.80 Å². The summed E-state index contributed by atoms with van der Waals surface area (Å²) in [4.78, 5) is 10.1. The summed E-state index contributed by atoms with van der Waals surface area (Å²) < 4.78 is 20.5. The molecule has 0 aliphatic heterocycles. The first-order chi connectivity index (χ1) is 36.4. The number of unbranched alkanes of at least 4 members (excludes halogenated alkanes) is 8. The van der Waals surface area contributed by atoms with Gasteiger partial charge in [0.2, 0.25) is 0 Å². The van der Waals surface area contributed by atoms with E-state index in [0.29, 0.717) is 18.6 Å². The van der Waals surface area contributed by atoms with Crippen LogP contribution in [0.5, 0.6) is 0 Å². The van der Waals surface area contributed by atoms with Crippen molar-refractivity contribution in [3.63, 3.8) is 0 Å². The lowest BCUT2D eigenvalue weighted by Gasteiger charge is -2.62. The van der Waals surface area contributed by atoms with Crippen LogP contribution in [0.4, 0.5) is 11.4 Å². The quantitative estimate of drug-likeness (QED) is 0.0564. The highest BCUT2D eigenvalue weighted by Gasteiger charge is 2.54. The van der Waals surface area contributed by atoms with Gasteiger partial charge < -0.3 is 39.0 Å². The van der Waals surface area contributed by atoms with Crippen LogP contribution in [-0.4, -0.2) is 157 Å². The maximum Gasteiger partial charge on any atom is 0.0558 e. The maximum absolute atomic E-state index is 8.76. The molecule has 0 radical (unpaired) electrons. The predicted octanol–water partition coefficient (Wildman–Crippen LogP) is 13.4. The number of para-hydroxylation sites is 1. The third-order valence-electron chi connectivity index (χ3n) is 16.6. The van der Waals surface area contributed by atoms with Crippen molar-refractivity contribution < 1.29 is 29.2 Å². The summed E-state index contributed by atoms with van der Waals surface area (Å²) >= 11 is 0. The Hall–Kier alpha value is -2.64. The number of methoxy groups -OCH3 is 4. The van der Waals surface area contributed by atoms with Gasteiger partial charge in [0.15, 0.2) is 0 Å². The Bertz CT molecular complexity index is 1730. The molecule has 3 aromatic rings. The summed E-state index contributed by atoms with van der Waals surface area (Å²) in [6.07, 6.45) is 31.5. The molecule has 10 nitrogen and oxygen atoms in total. The molecule has 0 atom stereocenters. The number of hydrogen-bond acceptors (Lipinski definition) is 10. The second kappa shape index (κ2) is 39.7. The first-order valence-electron chi connectivity index (χ1n) is 30.1. The summed E-state index contributed by atoms with van der Waals surface area (Å²) in [6, 6.07) is 26.6. The summed E-state index contributed by atoms with van der Waals surface area (Å²) in [6.45, 7) is 16.6. The number of anilines is 2. The van der Waals surface area contributed by atoms with Gasteiger partial charge in [0.25, 0.3) is 0 Å². The van der Waals surface area contributed by atoms with Gasteiger partial charge in [-0.05, 0) is 183 Å². The SMILES string of the molecule is CCN(CC)CCCCCCCOC.COCCCCCN(CCO)CCO.COCCCCN(C1CCCCC1)C12CC3CC(CC(C3)C1)C2.COCCCCN(c1ccccc1)c1cccc2ccccc12. The Kier molecular flexibility index (Phi) is 34.3. The fraction of sp³-hybridized carbons (Fsp3) is 0.750. The van der Waals surface area contributed by atoms with E-state index in [1.54, 1.807) is 59.9 Å². The molecular formula is C64H110N4O6. The van der Waals surface area contributed by atoms with Crippen molar-refractivity contribution >= 4 is 22.1 Å². The van der Waals surface area contributed by atoms with E-state index in [9.17, 15) is 0 Å². The highest BCUT2D eigenvalue weighted by molar-refractivity contribution is 5.96. The van der Waals surface area contributed by atoms with Crippen LogP contribution in [0.3, 0.4) is 0 Å². The van der Waals surface area contributed by atoms with Gasteiger partial charge in [-0.15, -0.1) is 0 Å². The topological polar surface area (TPSA) is 90.3 Å². The van der Waals surface area contributed by atoms with E-state index in [1.807, 2.05) is 7.11 Å². The molecule has 8 rings (SSSR count). The normalized spacial score (nSPS) is 20.1. The van der Waals surface area contributed by atoms with Crippen LogP contribution >= 0.6 is 0 Å². The van der Waals surface area contributed by atoms with Crippen LogP contribution in [0.25, 0.3) is 10.8 Å². The number of fused-ring (bicyclic) bond motifs is 1. The van der Waals surface area contributed by atoms with Gasteiger partial charge >= 0.3 is 0 Å². The lowest BCUT2D eigenvalue weighted by atomic mass is 9.52. The molecule has 0 aromatic heterocycles. The summed E-state index contributed by atoms with van der Waals surface area (Å²) in [5.41, 5.74) is 3.12. The van der Waals surface area contributed by atoms with Crippen LogP contribution in [0.2, 0.25) is 0 Å². The Morgan fingerprint density at radius 2 is 0.932 bits per heavy atom. The van der Waals surface area contributed by atoms with Crippen molar-refractivity contribution in [3.05, 3.63) is 72.8 Å². The van der Waals surface area contributed by atoms with E-state index in [-0.39, 0.29) is 13.2 Å². The van der Waals surface area contributed by atoms with E-state index in [2.05, 4.69) is 106 Å². The first-order valence-corrected chi connectivity index (χ1v) is 30.1. The molecule has 2 N–H and O–H groups in total. The Morgan fingerprint density at radius 1 is 0.473 bits per heavy atom. The number of rotatable bonds is 34. The second-order valence-electron chi connectivity index (χ2n) is 22.1. The largest absolute Gasteiger partial charge is 0.395 e. The predicted molar refractivity (Wildman–Crippen MR) is 313 cm³/mol. The van der Waals surface area contributed by atoms with Gasteiger partial charge in [0.1, 0.15) is 0 Å². The van der Waals surface area contributed by atoms with Crippen LogP contribution in [0, 0.1) is 17.8 Å². The van der Waals surface area contributed by atoms with E-state index >= 15 is 0 Å². The molecule has 0 saturated heterocycles. The maximum atomic E-state index is 8.76. The lowest BCUT2D eigenvalue weighted by molar-refractivity contribution is -0.110.